The fourth-order valence-electron chi connectivity index (χ4n) is 2.54. The smallest absolute Gasteiger partial charge is 0.295 e. The van der Waals surface area contributed by atoms with Crippen molar-refractivity contribution in [2.75, 3.05) is 5.32 Å². The lowest BCUT2D eigenvalue weighted by Crippen LogP contribution is -2.49. The first-order chi connectivity index (χ1) is 12.2. The van der Waals surface area contributed by atoms with Gasteiger partial charge in [0.2, 0.25) is 9.70 Å². The van der Waals surface area contributed by atoms with Crippen molar-refractivity contribution in [1.82, 2.24) is 14.7 Å². The quantitative estimate of drug-likeness (QED) is 0.556. The zero-order valence-electron chi connectivity index (χ0n) is 14.7. The molecule has 142 valence electrons. The monoisotopic (exact) mass is 418 g/mol. The zero-order chi connectivity index (χ0) is 19.5. The van der Waals surface area contributed by atoms with Gasteiger partial charge in [-0.2, -0.15) is 0 Å². The van der Waals surface area contributed by atoms with Crippen molar-refractivity contribution in [3.05, 3.63) is 46.4 Å². The molecule has 2 aromatic rings. The summed E-state index contributed by atoms with van der Waals surface area (Å²) >= 11 is 18.0. The van der Waals surface area contributed by atoms with Crippen LogP contribution in [0, 0.1) is 6.92 Å². The van der Waals surface area contributed by atoms with Crippen molar-refractivity contribution in [1.29, 1.82) is 0 Å². The fourth-order valence-corrected chi connectivity index (χ4v) is 2.87. The summed E-state index contributed by atoms with van der Waals surface area (Å²) in [6, 6.07) is 9.18. The van der Waals surface area contributed by atoms with E-state index in [-0.39, 0.29) is 17.2 Å². The van der Waals surface area contributed by atoms with E-state index in [1.54, 1.807) is 18.7 Å². The van der Waals surface area contributed by atoms with E-state index >= 15 is 0 Å². The molecule has 1 aromatic carbocycles. The zero-order valence-corrected chi connectivity index (χ0v) is 17.0. The summed E-state index contributed by atoms with van der Waals surface area (Å²) in [7, 11) is 1.76. The highest BCUT2D eigenvalue weighted by molar-refractivity contribution is 6.68. The van der Waals surface area contributed by atoms with E-state index in [1.807, 2.05) is 37.3 Å². The average Bonchev–Trinajstić information content (AvgIpc) is 2.78. The van der Waals surface area contributed by atoms with Crippen LogP contribution in [0.5, 0.6) is 0 Å². The Balaban J connectivity index is 2.41. The minimum atomic E-state index is -1.84. The summed E-state index contributed by atoms with van der Waals surface area (Å²) in [6.45, 7) is 3.64. The van der Waals surface area contributed by atoms with Crippen molar-refractivity contribution in [2.45, 2.75) is 36.6 Å². The van der Waals surface area contributed by atoms with Gasteiger partial charge >= 0.3 is 0 Å². The Hall–Kier alpha value is -1.63. The van der Waals surface area contributed by atoms with Crippen LogP contribution < -0.4 is 16.2 Å². The lowest BCUT2D eigenvalue weighted by molar-refractivity contribution is -0.121. The molecule has 0 radical (unpaired) electrons. The maximum absolute atomic E-state index is 12.9. The van der Waals surface area contributed by atoms with Crippen LogP contribution in [0.2, 0.25) is 0 Å². The van der Waals surface area contributed by atoms with E-state index in [1.165, 1.54) is 4.68 Å². The standard InChI is InChI=1S/C17H21Cl3N4O2/c1-4-8-13(25)21-16(17(18,19)20)22-14-11(2)23(3)24(15(14)26)12-9-6-5-7-10-12/h5-7,9-10,16,22H,4,8H2,1-3H3,(H,21,25)/t16-/m0/s1. The first-order valence-electron chi connectivity index (χ1n) is 8.13. The fraction of sp³-hybridized carbons (Fsp3) is 0.412. The maximum atomic E-state index is 12.9. The Labute approximate surface area is 167 Å². The highest BCUT2D eigenvalue weighted by Crippen LogP contribution is 2.31. The number of para-hydroxylation sites is 1. The second-order valence-electron chi connectivity index (χ2n) is 5.87. The number of hydrogen-bond donors (Lipinski definition) is 2. The molecular weight excluding hydrogens is 399 g/mol. The molecule has 0 saturated carbocycles. The van der Waals surface area contributed by atoms with Crippen molar-refractivity contribution >= 4 is 46.4 Å². The van der Waals surface area contributed by atoms with Crippen LogP contribution in [0.15, 0.2) is 35.1 Å². The number of halogens is 3. The van der Waals surface area contributed by atoms with E-state index < -0.39 is 9.96 Å². The predicted molar refractivity (Wildman–Crippen MR) is 106 cm³/mol. The first-order valence-corrected chi connectivity index (χ1v) is 9.26. The summed E-state index contributed by atoms with van der Waals surface area (Å²) in [4.78, 5) is 24.9. The van der Waals surface area contributed by atoms with E-state index in [0.717, 1.165) is 0 Å². The van der Waals surface area contributed by atoms with Gasteiger partial charge in [-0.3, -0.25) is 14.3 Å². The molecule has 1 amide bonds. The van der Waals surface area contributed by atoms with Gasteiger partial charge < -0.3 is 10.6 Å². The van der Waals surface area contributed by atoms with E-state index in [4.69, 9.17) is 34.8 Å². The number of aromatic nitrogens is 2. The lowest BCUT2D eigenvalue weighted by Gasteiger charge is -2.26. The number of amides is 1. The third kappa shape index (κ3) is 4.55. The second kappa shape index (κ2) is 8.37. The molecule has 0 aliphatic heterocycles. The van der Waals surface area contributed by atoms with Crippen molar-refractivity contribution in [2.24, 2.45) is 7.05 Å². The van der Waals surface area contributed by atoms with Gasteiger partial charge in [0, 0.05) is 13.5 Å². The molecule has 0 spiro atoms. The van der Waals surface area contributed by atoms with E-state index in [9.17, 15) is 9.59 Å². The van der Waals surface area contributed by atoms with Crippen LogP contribution in [-0.2, 0) is 11.8 Å². The molecular formula is C17H21Cl3N4O2. The van der Waals surface area contributed by atoms with Gasteiger partial charge in [0.25, 0.3) is 5.56 Å². The largest absolute Gasteiger partial charge is 0.356 e. The van der Waals surface area contributed by atoms with Gasteiger partial charge in [-0.15, -0.1) is 0 Å². The van der Waals surface area contributed by atoms with Gasteiger partial charge in [-0.1, -0.05) is 59.9 Å². The highest BCUT2D eigenvalue weighted by Gasteiger charge is 2.35. The topological polar surface area (TPSA) is 68.1 Å². The number of rotatable bonds is 6. The molecule has 0 aliphatic rings. The number of nitrogens with zero attached hydrogens (tertiary/aromatic N) is 2. The number of hydrogen-bond acceptors (Lipinski definition) is 3. The van der Waals surface area contributed by atoms with Crippen LogP contribution in [0.3, 0.4) is 0 Å². The van der Waals surface area contributed by atoms with Crippen molar-refractivity contribution < 1.29 is 4.79 Å². The SMILES string of the molecule is CCCC(=O)N[C@@H](Nc1c(C)n(C)n(-c2ccccc2)c1=O)C(Cl)(Cl)Cl. The Morgan fingerprint density at radius 3 is 2.38 bits per heavy atom. The number of benzene rings is 1. The van der Waals surface area contributed by atoms with Gasteiger partial charge in [-0.05, 0) is 25.5 Å². The number of carbonyl (C=O) groups is 1. The first kappa shape index (κ1) is 20.7. The molecule has 1 heterocycles. The molecule has 9 heteroatoms. The van der Waals surface area contributed by atoms with Crippen LogP contribution in [0.25, 0.3) is 5.69 Å². The van der Waals surface area contributed by atoms with Crippen LogP contribution in [-0.4, -0.2) is 25.2 Å². The van der Waals surface area contributed by atoms with Crippen LogP contribution >= 0.6 is 34.8 Å². The molecule has 0 bridgehead atoms. The maximum Gasteiger partial charge on any atom is 0.295 e. The summed E-state index contributed by atoms with van der Waals surface area (Å²) in [6.07, 6.45) is -0.102. The summed E-state index contributed by atoms with van der Waals surface area (Å²) in [5.74, 6) is -0.270. The third-order valence-electron chi connectivity index (χ3n) is 3.95. The number of alkyl halides is 3. The molecule has 6 nitrogen and oxygen atoms in total. The Bertz CT molecular complexity index is 825. The molecule has 1 atom stereocenters. The summed E-state index contributed by atoms with van der Waals surface area (Å²) in [5.41, 5.74) is 1.30. The summed E-state index contributed by atoms with van der Waals surface area (Å²) < 4.78 is 1.36. The Morgan fingerprint density at radius 2 is 1.85 bits per heavy atom. The van der Waals surface area contributed by atoms with E-state index in [2.05, 4.69) is 10.6 Å². The number of anilines is 1. The highest BCUT2D eigenvalue weighted by atomic mass is 35.6. The minimum absolute atomic E-state index is 0.254. The van der Waals surface area contributed by atoms with Crippen molar-refractivity contribution in [3.63, 3.8) is 0 Å². The number of carbonyl (C=O) groups excluding carboxylic acids is 1. The molecule has 0 aliphatic carbocycles. The molecule has 2 N–H and O–H groups in total. The molecule has 1 aromatic heterocycles. The Morgan fingerprint density at radius 1 is 1.23 bits per heavy atom. The summed E-state index contributed by atoms with van der Waals surface area (Å²) in [5, 5.41) is 5.52. The second-order valence-corrected chi connectivity index (χ2v) is 8.24. The average molecular weight is 420 g/mol. The lowest BCUT2D eigenvalue weighted by atomic mass is 10.3. The van der Waals surface area contributed by atoms with Crippen LogP contribution in [0.1, 0.15) is 25.5 Å². The van der Waals surface area contributed by atoms with Gasteiger partial charge in [0.05, 0.1) is 11.4 Å². The normalized spacial score (nSPS) is 12.7. The molecule has 0 unspecified atom stereocenters. The van der Waals surface area contributed by atoms with E-state index in [0.29, 0.717) is 24.2 Å². The number of nitrogens with one attached hydrogen (secondary N) is 2. The van der Waals surface area contributed by atoms with Gasteiger partial charge in [0.1, 0.15) is 11.9 Å². The molecule has 2 rings (SSSR count). The molecule has 0 fully saturated rings. The minimum Gasteiger partial charge on any atom is -0.356 e. The van der Waals surface area contributed by atoms with Crippen LogP contribution in [0.4, 0.5) is 5.69 Å². The molecule has 26 heavy (non-hydrogen) atoms. The van der Waals surface area contributed by atoms with Crippen molar-refractivity contribution in [3.8, 4) is 5.69 Å². The molecule has 0 saturated heterocycles. The van der Waals surface area contributed by atoms with Gasteiger partial charge in [0.15, 0.2) is 0 Å². The third-order valence-corrected chi connectivity index (χ3v) is 4.61. The Kier molecular flexibility index (Phi) is 6.66. The van der Waals surface area contributed by atoms with Gasteiger partial charge in [-0.25, -0.2) is 4.68 Å². The predicted octanol–water partition coefficient (Wildman–Crippen LogP) is 3.51.